The van der Waals surface area contributed by atoms with Crippen molar-refractivity contribution in [2.45, 2.75) is 6.92 Å². The van der Waals surface area contributed by atoms with E-state index in [0.29, 0.717) is 10.9 Å². The first-order chi connectivity index (χ1) is 14.0. The van der Waals surface area contributed by atoms with Crippen LogP contribution in [0.25, 0.3) is 11.3 Å². The van der Waals surface area contributed by atoms with Gasteiger partial charge in [-0.15, -0.1) is 11.3 Å². The van der Waals surface area contributed by atoms with Crippen molar-refractivity contribution in [3.05, 3.63) is 59.5 Å². The van der Waals surface area contributed by atoms with Gasteiger partial charge in [0.15, 0.2) is 11.7 Å². The number of ether oxygens (including phenoxy) is 2. The predicted octanol–water partition coefficient (Wildman–Crippen LogP) is 3.26. The first-order valence-electron chi connectivity index (χ1n) is 8.91. The van der Waals surface area contributed by atoms with E-state index in [9.17, 15) is 9.59 Å². The van der Waals surface area contributed by atoms with Gasteiger partial charge in [-0.3, -0.25) is 9.59 Å². The van der Waals surface area contributed by atoms with Crippen molar-refractivity contribution >= 4 is 28.3 Å². The van der Waals surface area contributed by atoms with Crippen LogP contribution in [0.4, 0.5) is 5.13 Å². The van der Waals surface area contributed by atoms with E-state index in [1.165, 1.54) is 11.3 Å². The van der Waals surface area contributed by atoms with Crippen molar-refractivity contribution in [3.8, 4) is 22.8 Å². The van der Waals surface area contributed by atoms with Crippen LogP contribution in [0.2, 0.25) is 0 Å². The smallest absolute Gasteiger partial charge is 0.258 e. The number of methoxy groups -OCH3 is 1. The number of carbonyl (C=O) groups is 2. The minimum absolute atomic E-state index is 0.157. The summed E-state index contributed by atoms with van der Waals surface area (Å²) in [6.07, 6.45) is 0. The number of hydrogen-bond donors (Lipinski definition) is 2. The molecule has 2 N–H and O–H groups in total. The summed E-state index contributed by atoms with van der Waals surface area (Å²) in [5, 5.41) is 5.72. The molecule has 0 aliphatic rings. The number of hydrogen-bond acceptors (Lipinski definition) is 6. The van der Waals surface area contributed by atoms with Gasteiger partial charge in [-0.05, 0) is 43.3 Å². The summed E-state index contributed by atoms with van der Waals surface area (Å²) in [4.78, 5) is 29.4. The molecule has 0 aliphatic carbocycles. The topological polar surface area (TPSA) is 89.5 Å². The molecule has 3 aromatic rings. The fraction of sp³-hybridized carbons (Fsp3) is 0.190. The molecule has 3 rings (SSSR count). The Hall–Kier alpha value is -3.39. The largest absolute Gasteiger partial charge is 0.497 e. The van der Waals surface area contributed by atoms with E-state index in [1.807, 2.05) is 49.4 Å². The highest BCUT2D eigenvalue weighted by Crippen LogP contribution is 2.31. The van der Waals surface area contributed by atoms with Crippen molar-refractivity contribution in [2.24, 2.45) is 0 Å². The number of para-hydroxylation sites is 1. The fourth-order valence-corrected chi connectivity index (χ4v) is 3.38. The SMILES string of the molecule is COc1ccc(-c2nc(NC(=O)CNC(=O)COc3ccccc3)sc2C)cc1. The number of nitrogens with one attached hydrogen (secondary N) is 2. The molecule has 2 amide bonds. The molecule has 7 nitrogen and oxygen atoms in total. The second-order valence-electron chi connectivity index (χ2n) is 6.08. The van der Waals surface area contributed by atoms with Gasteiger partial charge in [0.05, 0.1) is 19.3 Å². The Morgan fingerprint density at radius 3 is 2.41 bits per heavy atom. The molecule has 1 aromatic heterocycles. The third-order valence-corrected chi connectivity index (χ3v) is 4.85. The second kappa shape index (κ2) is 9.70. The molecule has 0 atom stereocenters. The monoisotopic (exact) mass is 411 g/mol. The Balaban J connectivity index is 1.49. The summed E-state index contributed by atoms with van der Waals surface area (Å²) >= 11 is 1.38. The van der Waals surface area contributed by atoms with Gasteiger partial charge in [0.2, 0.25) is 5.91 Å². The third kappa shape index (κ3) is 5.79. The lowest BCUT2D eigenvalue weighted by atomic mass is 10.1. The minimum atomic E-state index is -0.377. The molecule has 2 aromatic carbocycles. The highest BCUT2D eigenvalue weighted by atomic mass is 32.1. The molecule has 0 aliphatic heterocycles. The molecule has 0 bridgehead atoms. The van der Waals surface area contributed by atoms with Gasteiger partial charge in [-0.1, -0.05) is 18.2 Å². The molecule has 150 valence electrons. The zero-order valence-corrected chi connectivity index (χ0v) is 16.9. The Morgan fingerprint density at radius 2 is 1.72 bits per heavy atom. The van der Waals surface area contributed by atoms with Gasteiger partial charge < -0.3 is 20.1 Å². The van der Waals surface area contributed by atoms with Crippen LogP contribution in [0.3, 0.4) is 0 Å². The summed E-state index contributed by atoms with van der Waals surface area (Å²) in [5.41, 5.74) is 1.74. The minimum Gasteiger partial charge on any atom is -0.497 e. The van der Waals surface area contributed by atoms with E-state index in [4.69, 9.17) is 9.47 Å². The van der Waals surface area contributed by atoms with Gasteiger partial charge in [0, 0.05) is 10.4 Å². The molecule has 0 saturated carbocycles. The van der Waals surface area contributed by atoms with E-state index in [2.05, 4.69) is 15.6 Å². The number of aromatic nitrogens is 1. The van der Waals surface area contributed by atoms with Crippen molar-refractivity contribution in [3.63, 3.8) is 0 Å². The third-order valence-electron chi connectivity index (χ3n) is 3.97. The number of rotatable bonds is 8. The van der Waals surface area contributed by atoms with Gasteiger partial charge in [-0.2, -0.15) is 0 Å². The van der Waals surface area contributed by atoms with Crippen molar-refractivity contribution in [1.29, 1.82) is 0 Å². The second-order valence-corrected chi connectivity index (χ2v) is 7.28. The first kappa shape index (κ1) is 20.3. The molecule has 29 heavy (non-hydrogen) atoms. The summed E-state index contributed by atoms with van der Waals surface area (Å²) < 4.78 is 10.5. The maximum Gasteiger partial charge on any atom is 0.258 e. The number of benzene rings is 2. The van der Waals surface area contributed by atoms with Crippen LogP contribution in [0.5, 0.6) is 11.5 Å². The van der Waals surface area contributed by atoms with Crippen LogP contribution >= 0.6 is 11.3 Å². The van der Waals surface area contributed by atoms with E-state index in [1.54, 1.807) is 19.2 Å². The summed E-state index contributed by atoms with van der Waals surface area (Å²) in [6.45, 7) is 1.62. The summed E-state index contributed by atoms with van der Waals surface area (Å²) in [7, 11) is 1.61. The highest BCUT2D eigenvalue weighted by molar-refractivity contribution is 7.16. The number of aryl methyl sites for hydroxylation is 1. The lowest BCUT2D eigenvalue weighted by Gasteiger charge is -2.07. The Morgan fingerprint density at radius 1 is 1.00 bits per heavy atom. The maximum atomic E-state index is 12.1. The molecule has 8 heteroatoms. The highest BCUT2D eigenvalue weighted by Gasteiger charge is 2.13. The first-order valence-corrected chi connectivity index (χ1v) is 9.73. The zero-order valence-electron chi connectivity index (χ0n) is 16.1. The van der Waals surface area contributed by atoms with Gasteiger partial charge in [0.1, 0.15) is 11.5 Å². The Labute approximate surface area is 172 Å². The number of thiazole rings is 1. The zero-order chi connectivity index (χ0) is 20.6. The van der Waals surface area contributed by atoms with Gasteiger partial charge in [-0.25, -0.2) is 4.98 Å². The predicted molar refractivity (Wildman–Crippen MR) is 112 cm³/mol. The van der Waals surface area contributed by atoms with Crippen LogP contribution in [-0.4, -0.2) is 37.1 Å². The van der Waals surface area contributed by atoms with Crippen LogP contribution < -0.4 is 20.1 Å². The molecular weight excluding hydrogens is 390 g/mol. The lowest BCUT2D eigenvalue weighted by molar-refractivity contribution is -0.125. The van der Waals surface area contributed by atoms with E-state index in [-0.39, 0.29) is 25.0 Å². The van der Waals surface area contributed by atoms with Crippen LogP contribution in [-0.2, 0) is 9.59 Å². The quantitative estimate of drug-likeness (QED) is 0.594. The molecule has 0 saturated heterocycles. The molecule has 0 spiro atoms. The summed E-state index contributed by atoms with van der Waals surface area (Å²) in [5.74, 6) is 0.630. The number of carbonyl (C=O) groups excluding carboxylic acids is 2. The lowest BCUT2D eigenvalue weighted by Crippen LogP contribution is -2.35. The normalized spacial score (nSPS) is 10.3. The van der Waals surface area contributed by atoms with Crippen LogP contribution in [0.1, 0.15) is 4.88 Å². The molecule has 0 unspecified atom stereocenters. The number of nitrogens with zero attached hydrogens (tertiary/aromatic N) is 1. The number of anilines is 1. The Kier molecular flexibility index (Phi) is 6.80. The van der Waals surface area contributed by atoms with E-state index >= 15 is 0 Å². The molecule has 1 heterocycles. The number of amides is 2. The summed E-state index contributed by atoms with van der Waals surface area (Å²) in [6, 6.07) is 16.6. The molecular formula is C21H21N3O4S. The average molecular weight is 411 g/mol. The fourth-order valence-electron chi connectivity index (χ4n) is 2.53. The average Bonchev–Trinajstić information content (AvgIpc) is 3.11. The maximum absolute atomic E-state index is 12.1. The van der Waals surface area contributed by atoms with Crippen LogP contribution in [0, 0.1) is 6.92 Å². The van der Waals surface area contributed by atoms with Gasteiger partial charge >= 0.3 is 0 Å². The van der Waals surface area contributed by atoms with Crippen molar-refractivity contribution in [1.82, 2.24) is 10.3 Å². The standard InChI is InChI=1S/C21H21N3O4S/c1-14-20(15-8-10-16(27-2)11-9-15)24-21(29-14)23-18(25)12-22-19(26)13-28-17-6-4-3-5-7-17/h3-11H,12-13H2,1-2H3,(H,22,26)(H,23,24,25). The van der Waals surface area contributed by atoms with Crippen LogP contribution in [0.15, 0.2) is 54.6 Å². The van der Waals surface area contributed by atoms with E-state index in [0.717, 1.165) is 21.9 Å². The molecule has 0 fully saturated rings. The molecule has 0 radical (unpaired) electrons. The van der Waals surface area contributed by atoms with Crippen molar-refractivity contribution < 1.29 is 19.1 Å². The Bertz CT molecular complexity index is 971. The van der Waals surface area contributed by atoms with Crippen molar-refractivity contribution in [2.75, 3.05) is 25.6 Å². The van der Waals surface area contributed by atoms with Gasteiger partial charge in [0.25, 0.3) is 5.91 Å². The van der Waals surface area contributed by atoms with E-state index < -0.39 is 0 Å².